The predicted octanol–water partition coefficient (Wildman–Crippen LogP) is 3.38. The molecule has 0 aromatic carbocycles. The quantitative estimate of drug-likeness (QED) is 0.682. The fraction of sp³-hybridized carbons (Fsp3) is 0.800. The van der Waals surface area contributed by atoms with Crippen LogP contribution in [-0.2, 0) is 19.5 Å². The maximum Gasteiger partial charge on any atom is 0.0625 e. The van der Waals surface area contributed by atoms with Crippen LogP contribution in [0.25, 0.3) is 0 Å². The summed E-state index contributed by atoms with van der Waals surface area (Å²) in [4.78, 5) is 0. The van der Waals surface area contributed by atoms with Gasteiger partial charge in [-0.15, -0.1) is 0 Å². The Morgan fingerprint density at radius 1 is 1.28 bits per heavy atom. The molecular formula is C15H29N3. The summed E-state index contributed by atoms with van der Waals surface area (Å²) in [5, 5.41) is 8.09. The smallest absolute Gasteiger partial charge is 0.0625 e. The molecule has 1 heterocycles. The summed E-state index contributed by atoms with van der Waals surface area (Å²) in [5.74, 6) is 0.832. The number of nitrogens with zero attached hydrogens (tertiary/aromatic N) is 2. The molecule has 0 aliphatic carbocycles. The van der Waals surface area contributed by atoms with E-state index in [2.05, 4.69) is 48.9 Å². The van der Waals surface area contributed by atoms with Crippen molar-refractivity contribution in [3.05, 3.63) is 17.5 Å². The second-order valence-electron chi connectivity index (χ2n) is 5.36. The minimum absolute atomic E-state index is 0.832. The maximum absolute atomic E-state index is 4.56. The largest absolute Gasteiger partial charge is 0.311 e. The number of unbranched alkanes of at least 4 members (excludes halogenated alkanes) is 1. The molecule has 1 aromatic heterocycles. The van der Waals surface area contributed by atoms with E-state index in [1.807, 2.05) is 0 Å². The number of hydrogen-bond donors (Lipinski definition) is 1. The average Bonchev–Trinajstić information content (AvgIpc) is 2.75. The van der Waals surface area contributed by atoms with E-state index in [0.717, 1.165) is 32.0 Å². The highest BCUT2D eigenvalue weighted by molar-refractivity contribution is 5.10. The van der Waals surface area contributed by atoms with E-state index in [4.69, 9.17) is 0 Å². The van der Waals surface area contributed by atoms with Crippen molar-refractivity contribution in [1.82, 2.24) is 15.1 Å². The van der Waals surface area contributed by atoms with Gasteiger partial charge >= 0.3 is 0 Å². The summed E-state index contributed by atoms with van der Waals surface area (Å²) in [5.41, 5.74) is 2.52. The summed E-state index contributed by atoms with van der Waals surface area (Å²) in [6.07, 6.45) is 4.97. The molecule has 0 atom stereocenters. The lowest BCUT2D eigenvalue weighted by atomic mass is 10.1. The number of aryl methyl sites for hydroxylation is 2. The first kappa shape index (κ1) is 15.2. The van der Waals surface area contributed by atoms with Gasteiger partial charge in [0, 0.05) is 13.1 Å². The molecule has 0 saturated heterocycles. The summed E-state index contributed by atoms with van der Waals surface area (Å²) in [6, 6.07) is 2.23. The lowest BCUT2D eigenvalue weighted by Gasteiger charge is -2.07. The Morgan fingerprint density at radius 2 is 2.06 bits per heavy atom. The highest BCUT2D eigenvalue weighted by Gasteiger charge is 2.04. The van der Waals surface area contributed by atoms with Crippen molar-refractivity contribution < 1.29 is 0 Å². The first-order valence-electron chi connectivity index (χ1n) is 7.43. The van der Waals surface area contributed by atoms with E-state index in [0.29, 0.717) is 0 Å². The molecule has 18 heavy (non-hydrogen) atoms. The highest BCUT2D eigenvalue weighted by Crippen LogP contribution is 2.07. The first-order valence-corrected chi connectivity index (χ1v) is 7.43. The van der Waals surface area contributed by atoms with Crippen molar-refractivity contribution in [1.29, 1.82) is 0 Å². The third-order valence-electron chi connectivity index (χ3n) is 3.27. The van der Waals surface area contributed by atoms with Crippen LogP contribution in [0.15, 0.2) is 6.07 Å². The van der Waals surface area contributed by atoms with E-state index in [1.165, 1.54) is 30.7 Å². The van der Waals surface area contributed by atoms with Gasteiger partial charge in [-0.2, -0.15) is 5.10 Å². The predicted molar refractivity (Wildman–Crippen MR) is 77.7 cm³/mol. The van der Waals surface area contributed by atoms with Crippen LogP contribution in [-0.4, -0.2) is 16.3 Å². The number of nitrogens with one attached hydrogen (secondary N) is 1. The van der Waals surface area contributed by atoms with Crippen molar-refractivity contribution in [2.75, 3.05) is 6.54 Å². The van der Waals surface area contributed by atoms with Gasteiger partial charge in [0.2, 0.25) is 0 Å². The number of hydrogen-bond acceptors (Lipinski definition) is 2. The summed E-state index contributed by atoms with van der Waals surface area (Å²) in [7, 11) is 0. The van der Waals surface area contributed by atoms with Gasteiger partial charge in [-0.05, 0) is 38.3 Å². The summed E-state index contributed by atoms with van der Waals surface area (Å²) in [6.45, 7) is 11.9. The fourth-order valence-electron chi connectivity index (χ4n) is 2.12. The Labute approximate surface area is 112 Å². The number of rotatable bonds is 9. The van der Waals surface area contributed by atoms with Gasteiger partial charge in [-0.25, -0.2) is 0 Å². The molecule has 3 nitrogen and oxygen atoms in total. The minimum atomic E-state index is 0.832. The molecule has 0 fully saturated rings. The van der Waals surface area contributed by atoms with E-state index < -0.39 is 0 Å². The zero-order chi connectivity index (χ0) is 13.4. The molecular weight excluding hydrogens is 222 g/mol. The van der Waals surface area contributed by atoms with Gasteiger partial charge in [0.1, 0.15) is 0 Å². The fourth-order valence-corrected chi connectivity index (χ4v) is 2.12. The Bertz CT molecular complexity index is 328. The molecule has 0 bridgehead atoms. The second-order valence-corrected chi connectivity index (χ2v) is 5.36. The summed E-state index contributed by atoms with van der Waals surface area (Å²) >= 11 is 0. The topological polar surface area (TPSA) is 29.9 Å². The minimum Gasteiger partial charge on any atom is -0.311 e. The van der Waals surface area contributed by atoms with Crippen molar-refractivity contribution in [3.63, 3.8) is 0 Å². The van der Waals surface area contributed by atoms with Crippen LogP contribution in [0.3, 0.4) is 0 Å². The summed E-state index contributed by atoms with van der Waals surface area (Å²) < 4.78 is 2.11. The molecule has 0 aliphatic rings. The number of aromatic nitrogens is 2. The Kier molecular flexibility index (Phi) is 7.02. The molecule has 1 N–H and O–H groups in total. The van der Waals surface area contributed by atoms with Crippen molar-refractivity contribution >= 4 is 0 Å². The third-order valence-corrected chi connectivity index (χ3v) is 3.27. The second kappa shape index (κ2) is 8.30. The molecule has 1 rings (SSSR count). The molecule has 0 spiro atoms. The molecule has 3 heteroatoms. The van der Waals surface area contributed by atoms with Crippen molar-refractivity contribution in [2.45, 2.75) is 66.5 Å². The van der Waals surface area contributed by atoms with Crippen LogP contribution < -0.4 is 5.32 Å². The van der Waals surface area contributed by atoms with E-state index in [9.17, 15) is 0 Å². The molecule has 104 valence electrons. The van der Waals surface area contributed by atoms with Crippen LogP contribution >= 0.6 is 0 Å². The molecule has 0 unspecified atom stereocenters. The standard InChI is InChI=1S/C15H29N3/c1-5-14-11-15(18(6-2)17-14)12-16-10-8-7-9-13(3)4/h11,13,16H,5-10,12H2,1-4H3. The Balaban J connectivity index is 2.24. The lowest BCUT2D eigenvalue weighted by molar-refractivity contribution is 0.512. The SMILES string of the molecule is CCc1cc(CNCCCCC(C)C)n(CC)n1. The normalized spacial score (nSPS) is 11.4. The first-order chi connectivity index (χ1) is 8.67. The van der Waals surface area contributed by atoms with Crippen LogP contribution in [0.2, 0.25) is 0 Å². The Morgan fingerprint density at radius 3 is 2.67 bits per heavy atom. The van der Waals surface area contributed by atoms with Crippen molar-refractivity contribution in [3.8, 4) is 0 Å². The van der Waals surface area contributed by atoms with E-state index in [1.54, 1.807) is 0 Å². The van der Waals surface area contributed by atoms with E-state index in [-0.39, 0.29) is 0 Å². The lowest BCUT2D eigenvalue weighted by Crippen LogP contribution is -2.17. The highest BCUT2D eigenvalue weighted by atomic mass is 15.3. The van der Waals surface area contributed by atoms with E-state index >= 15 is 0 Å². The Hall–Kier alpha value is -0.830. The molecule has 0 aliphatic heterocycles. The van der Waals surface area contributed by atoms with Crippen molar-refractivity contribution in [2.24, 2.45) is 5.92 Å². The zero-order valence-electron chi connectivity index (χ0n) is 12.5. The van der Waals surface area contributed by atoms with Crippen LogP contribution in [0.1, 0.15) is 58.3 Å². The average molecular weight is 251 g/mol. The van der Waals surface area contributed by atoms with Crippen LogP contribution in [0.5, 0.6) is 0 Å². The van der Waals surface area contributed by atoms with Gasteiger partial charge in [0.05, 0.1) is 11.4 Å². The van der Waals surface area contributed by atoms with Gasteiger partial charge < -0.3 is 5.32 Å². The van der Waals surface area contributed by atoms with Gasteiger partial charge in [0.15, 0.2) is 0 Å². The molecule has 0 radical (unpaired) electrons. The van der Waals surface area contributed by atoms with Gasteiger partial charge in [-0.1, -0.05) is 33.6 Å². The molecule has 0 amide bonds. The third kappa shape index (κ3) is 5.21. The zero-order valence-corrected chi connectivity index (χ0v) is 12.5. The molecule has 1 aromatic rings. The maximum atomic E-state index is 4.56. The van der Waals surface area contributed by atoms with Gasteiger partial charge in [-0.3, -0.25) is 4.68 Å². The molecule has 0 saturated carbocycles. The van der Waals surface area contributed by atoms with Gasteiger partial charge in [0.25, 0.3) is 0 Å². The van der Waals surface area contributed by atoms with Crippen LogP contribution in [0, 0.1) is 5.92 Å². The van der Waals surface area contributed by atoms with Crippen LogP contribution in [0.4, 0.5) is 0 Å². The monoisotopic (exact) mass is 251 g/mol.